The van der Waals surface area contributed by atoms with E-state index in [4.69, 9.17) is 16.3 Å². The van der Waals surface area contributed by atoms with Crippen LogP contribution < -0.4 is 4.74 Å². The van der Waals surface area contributed by atoms with Crippen molar-refractivity contribution in [2.24, 2.45) is 0 Å². The number of fused-ring (bicyclic) bond motifs is 1. The van der Waals surface area contributed by atoms with Crippen LogP contribution in [0, 0.1) is 5.82 Å². The van der Waals surface area contributed by atoms with Crippen LogP contribution in [0.1, 0.15) is 13.3 Å². The van der Waals surface area contributed by atoms with Gasteiger partial charge in [-0.15, -0.1) is 11.3 Å². The van der Waals surface area contributed by atoms with Crippen molar-refractivity contribution in [1.29, 1.82) is 0 Å². The summed E-state index contributed by atoms with van der Waals surface area (Å²) in [6.45, 7) is 2.48. The fourth-order valence-corrected chi connectivity index (χ4v) is 2.27. The number of ether oxygens (including phenoxy) is 1. The number of nitrogens with zero attached hydrogens (tertiary/aromatic N) is 1. The van der Waals surface area contributed by atoms with Crippen LogP contribution in [0.15, 0.2) is 12.1 Å². The second-order valence-electron chi connectivity index (χ2n) is 3.07. The molecule has 0 atom stereocenters. The first-order valence-electron chi connectivity index (χ1n) is 4.59. The van der Waals surface area contributed by atoms with E-state index in [1.54, 1.807) is 6.07 Å². The molecular weight excluding hydrogens is 237 g/mol. The Morgan fingerprint density at radius 3 is 3.07 bits per heavy atom. The summed E-state index contributed by atoms with van der Waals surface area (Å²) in [5.41, 5.74) is 0.575. The monoisotopic (exact) mass is 245 g/mol. The van der Waals surface area contributed by atoms with Crippen molar-refractivity contribution >= 4 is 33.2 Å². The largest absolute Gasteiger partial charge is 0.490 e. The van der Waals surface area contributed by atoms with Gasteiger partial charge in [0.2, 0.25) is 0 Å². The summed E-state index contributed by atoms with van der Waals surface area (Å²) in [5.74, 6) is -0.123. The minimum Gasteiger partial charge on any atom is -0.490 e. The summed E-state index contributed by atoms with van der Waals surface area (Å²) in [6.07, 6.45) is 0.848. The third-order valence-corrected chi connectivity index (χ3v) is 3.00. The van der Waals surface area contributed by atoms with Gasteiger partial charge in [-0.2, -0.15) is 0 Å². The molecule has 0 bridgehead atoms. The molecule has 80 valence electrons. The number of hydrogen-bond donors (Lipinski definition) is 0. The van der Waals surface area contributed by atoms with Crippen molar-refractivity contribution in [2.45, 2.75) is 13.3 Å². The van der Waals surface area contributed by atoms with Gasteiger partial charge in [-0.1, -0.05) is 18.5 Å². The topological polar surface area (TPSA) is 22.1 Å². The van der Waals surface area contributed by atoms with E-state index in [-0.39, 0.29) is 5.75 Å². The Balaban J connectivity index is 2.42. The molecule has 0 N–H and O–H groups in total. The third-order valence-electron chi connectivity index (χ3n) is 1.88. The summed E-state index contributed by atoms with van der Waals surface area (Å²) in [4.78, 5) is 3.98. The number of thiazole rings is 1. The van der Waals surface area contributed by atoms with Crippen LogP contribution >= 0.6 is 22.9 Å². The first-order valence-corrected chi connectivity index (χ1v) is 5.78. The second-order valence-corrected chi connectivity index (χ2v) is 4.68. The zero-order valence-corrected chi connectivity index (χ0v) is 9.66. The van der Waals surface area contributed by atoms with Crippen molar-refractivity contribution in [3.05, 3.63) is 22.4 Å². The van der Waals surface area contributed by atoms with Gasteiger partial charge in [0, 0.05) is 12.1 Å². The molecule has 0 aliphatic heterocycles. The molecule has 0 amide bonds. The van der Waals surface area contributed by atoms with E-state index >= 15 is 0 Å². The molecule has 15 heavy (non-hydrogen) atoms. The highest BCUT2D eigenvalue weighted by molar-refractivity contribution is 7.22. The lowest BCUT2D eigenvalue weighted by Crippen LogP contribution is -1.97. The van der Waals surface area contributed by atoms with Crippen molar-refractivity contribution in [1.82, 2.24) is 4.98 Å². The summed E-state index contributed by atoms with van der Waals surface area (Å²) in [7, 11) is 0. The highest BCUT2D eigenvalue weighted by Crippen LogP contribution is 2.31. The summed E-state index contributed by atoms with van der Waals surface area (Å²) >= 11 is 7.05. The molecule has 0 aliphatic rings. The highest BCUT2D eigenvalue weighted by atomic mass is 35.5. The summed E-state index contributed by atoms with van der Waals surface area (Å²) < 4.78 is 20.0. The molecule has 5 heteroatoms. The molecule has 0 saturated heterocycles. The number of hydrogen-bond acceptors (Lipinski definition) is 3. The van der Waals surface area contributed by atoms with E-state index in [2.05, 4.69) is 4.98 Å². The van der Waals surface area contributed by atoms with Gasteiger partial charge in [-0.05, 0) is 6.42 Å². The quantitative estimate of drug-likeness (QED) is 0.819. The Labute approximate surface area is 95.7 Å². The van der Waals surface area contributed by atoms with E-state index < -0.39 is 5.82 Å². The van der Waals surface area contributed by atoms with Gasteiger partial charge in [-0.25, -0.2) is 9.37 Å². The predicted molar refractivity (Wildman–Crippen MR) is 60.4 cm³/mol. The van der Waals surface area contributed by atoms with Crippen molar-refractivity contribution in [3.63, 3.8) is 0 Å². The number of rotatable bonds is 3. The van der Waals surface area contributed by atoms with Gasteiger partial charge in [0.15, 0.2) is 16.0 Å². The van der Waals surface area contributed by atoms with Gasteiger partial charge in [0.05, 0.1) is 16.8 Å². The maximum Gasteiger partial charge on any atom is 0.184 e. The zero-order chi connectivity index (χ0) is 10.8. The van der Waals surface area contributed by atoms with Crippen LogP contribution in [-0.2, 0) is 0 Å². The fraction of sp³-hybridized carbons (Fsp3) is 0.300. The molecule has 0 aliphatic carbocycles. The molecule has 0 spiro atoms. The van der Waals surface area contributed by atoms with Crippen LogP contribution in [0.4, 0.5) is 4.39 Å². The molecule has 1 aromatic carbocycles. The standard InChI is InChI=1S/C10H9ClFNOS/c1-2-3-14-8-5-9-7(4-6(8)12)13-10(11)15-9/h4-5H,2-3H2,1H3. The van der Waals surface area contributed by atoms with Crippen molar-refractivity contribution < 1.29 is 9.13 Å². The van der Waals surface area contributed by atoms with Gasteiger partial charge >= 0.3 is 0 Å². The maximum absolute atomic E-state index is 13.4. The van der Waals surface area contributed by atoms with Gasteiger partial charge in [-0.3, -0.25) is 0 Å². The van der Waals surface area contributed by atoms with Crippen LogP contribution in [0.3, 0.4) is 0 Å². The lowest BCUT2D eigenvalue weighted by Gasteiger charge is -2.04. The van der Waals surface area contributed by atoms with E-state index in [0.29, 0.717) is 16.6 Å². The zero-order valence-electron chi connectivity index (χ0n) is 8.09. The number of benzene rings is 1. The van der Waals surface area contributed by atoms with Crippen molar-refractivity contribution in [2.75, 3.05) is 6.61 Å². The lowest BCUT2D eigenvalue weighted by atomic mass is 10.3. The van der Waals surface area contributed by atoms with E-state index in [0.717, 1.165) is 11.1 Å². The highest BCUT2D eigenvalue weighted by Gasteiger charge is 2.09. The Hall–Kier alpha value is -0.870. The first-order chi connectivity index (χ1) is 7.20. The van der Waals surface area contributed by atoms with E-state index in [1.165, 1.54) is 17.4 Å². The average Bonchev–Trinajstić information content (AvgIpc) is 2.53. The molecule has 0 fully saturated rings. The third kappa shape index (κ3) is 2.21. The molecule has 1 aromatic heterocycles. The van der Waals surface area contributed by atoms with Crippen LogP contribution in [0.5, 0.6) is 5.75 Å². The van der Waals surface area contributed by atoms with Gasteiger partial charge in [0.25, 0.3) is 0 Å². The number of aromatic nitrogens is 1. The van der Waals surface area contributed by atoms with Crippen LogP contribution in [0.2, 0.25) is 4.47 Å². The smallest absolute Gasteiger partial charge is 0.184 e. The molecule has 2 aromatic rings. The van der Waals surface area contributed by atoms with Gasteiger partial charge < -0.3 is 4.74 Å². The second kappa shape index (κ2) is 4.33. The minimum absolute atomic E-state index is 0.268. The van der Waals surface area contributed by atoms with E-state index in [9.17, 15) is 4.39 Å². The molecule has 0 radical (unpaired) electrons. The van der Waals surface area contributed by atoms with Crippen LogP contribution in [-0.4, -0.2) is 11.6 Å². The Bertz CT molecular complexity index is 485. The molecule has 0 saturated carbocycles. The average molecular weight is 246 g/mol. The Morgan fingerprint density at radius 1 is 1.53 bits per heavy atom. The Kier molecular flexibility index (Phi) is 3.07. The molecule has 2 rings (SSSR count). The molecule has 1 heterocycles. The SMILES string of the molecule is CCCOc1cc2sc(Cl)nc2cc1F. The summed E-state index contributed by atoms with van der Waals surface area (Å²) in [5, 5.41) is 0. The van der Waals surface area contributed by atoms with E-state index in [1.807, 2.05) is 6.92 Å². The first kappa shape index (κ1) is 10.6. The predicted octanol–water partition coefficient (Wildman–Crippen LogP) is 3.88. The Morgan fingerprint density at radius 2 is 2.33 bits per heavy atom. The fourth-order valence-electron chi connectivity index (χ4n) is 1.22. The number of halogens is 2. The molecule has 0 unspecified atom stereocenters. The van der Waals surface area contributed by atoms with Crippen molar-refractivity contribution in [3.8, 4) is 5.75 Å². The molecular formula is C10H9ClFNOS. The van der Waals surface area contributed by atoms with Gasteiger partial charge in [0.1, 0.15) is 0 Å². The van der Waals surface area contributed by atoms with Crippen LogP contribution in [0.25, 0.3) is 10.2 Å². The maximum atomic E-state index is 13.4. The lowest BCUT2D eigenvalue weighted by molar-refractivity contribution is 0.302. The summed E-state index contributed by atoms with van der Waals surface area (Å²) in [6, 6.07) is 2.99. The molecule has 2 nitrogen and oxygen atoms in total. The normalized spacial score (nSPS) is 10.9. The minimum atomic E-state index is -0.391.